The van der Waals surface area contributed by atoms with Gasteiger partial charge in [-0.1, -0.05) is 0 Å². The third kappa shape index (κ3) is 2.76. The molecular formula is C11H14BrN3O2. The van der Waals surface area contributed by atoms with E-state index in [1.165, 1.54) is 0 Å². The molecule has 1 aromatic heterocycles. The Morgan fingerprint density at radius 3 is 2.59 bits per heavy atom. The number of halogens is 1. The van der Waals surface area contributed by atoms with E-state index in [9.17, 15) is 4.79 Å². The molecule has 0 unspecified atom stereocenters. The molecule has 0 amide bonds. The molecule has 17 heavy (non-hydrogen) atoms. The summed E-state index contributed by atoms with van der Waals surface area (Å²) in [7, 11) is 2.08. The molecule has 1 fully saturated rings. The van der Waals surface area contributed by atoms with Crippen LogP contribution in [-0.4, -0.2) is 54.2 Å². The van der Waals surface area contributed by atoms with E-state index in [0.29, 0.717) is 4.47 Å². The SMILES string of the molecule is CN1CCN(c2ccc(Br)c(C(=O)O)n2)CC1. The number of hydrogen-bond donors (Lipinski definition) is 1. The Morgan fingerprint density at radius 2 is 2.00 bits per heavy atom. The van der Waals surface area contributed by atoms with Gasteiger partial charge < -0.3 is 14.9 Å². The molecule has 1 aliphatic rings. The van der Waals surface area contributed by atoms with Crippen LogP contribution in [0.5, 0.6) is 0 Å². The zero-order chi connectivity index (χ0) is 12.4. The van der Waals surface area contributed by atoms with E-state index in [2.05, 4.69) is 37.8 Å². The number of carboxylic acid groups (broad SMARTS) is 1. The number of anilines is 1. The molecule has 1 N–H and O–H groups in total. The van der Waals surface area contributed by atoms with Crippen LogP contribution in [0.15, 0.2) is 16.6 Å². The summed E-state index contributed by atoms with van der Waals surface area (Å²) in [4.78, 5) is 19.5. The molecule has 2 heterocycles. The highest BCUT2D eigenvalue weighted by Gasteiger charge is 2.18. The van der Waals surface area contributed by atoms with Gasteiger partial charge in [0.25, 0.3) is 0 Å². The van der Waals surface area contributed by atoms with Crippen LogP contribution < -0.4 is 4.90 Å². The fourth-order valence-corrected chi connectivity index (χ4v) is 2.18. The Morgan fingerprint density at radius 1 is 1.35 bits per heavy atom. The van der Waals surface area contributed by atoms with Crippen LogP contribution in [0.2, 0.25) is 0 Å². The van der Waals surface area contributed by atoms with E-state index in [4.69, 9.17) is 5.11 Å². The second kappa shape index (κ2) is 5.01. The van der Waals surface area contributed by atoms with Crippen molar-refractivity contribution in [1.29, 1.82) is 0 Å². The molecule has 0 atom stereocenters. The van der Waals surface area contributed by atoms with Gasteiger partial charge in [0, 0.05) is 26.2 Å². The molecular weight excluding hydrogens is 286 g/mol. The van der Waals surface area contributed by atoms with Gasteiger partial charge in [-0.25, -0.2) is 9.78 Å². The maximum Gasteiger partial charge on any atom is 0.355 e. The van der Waals surface area contributed by atoms with Crippen LogP contribution in [0.1, 0.15) is 10.5 Å². The normalized spacial score (nSPS) is 17.2. The van der Waals surface area contributed by atoms with Crippen LogP contribution in [0.25, 0.3) is 0 Å². The lowest BCUT2D eigenvalue weighted by molar-refractivity contribution is 0.0689. The van der Waals surface area contributed by atoms with Crippen LogP contribution in [-0.2, 0) is 0 Å². The number of piperazine rings is 1. The van der Waals surface area contributed by atoms with Gasteiger partial charge in [-0.15, -0.1) is 0 Å². The van der Waals surface area contributed by atoms with E-state index in [1.54, 1.807) is 6.07 Å². The first-order chi connectivity index (χ1) is 8.08. The largest absolute Gasteiger partial charge is 0.476 e. The number of nitrogens with zero attached hydrogens (tertiary/aromatic N) is 3. The lowest BCUT2D eigenvalue weighted by Gasteiger charge is -2.33. The minimum atomic E-state index is -1.01. The molecule has 0 bridgehead atoms. The van der Waals surface area contributed by atoms with Gasteiger partial charge in [0.15, 0.2) is 5.69 Å². The molecule has 1 saturated heterocycles. The maximum atomic E-state index is 11.0. The minimum absolute atomic E-state index is 0.0708. The van der Waals surface area contributed by atoms with Gasteiger partial charge >= 0.3 is 5.97 Å². The Hall–Kier alpha value is -1.14. The summed E-state index contributed by atoms with van der Waals surface area (Å²) in [5.74, 6) is -0.272. The van der Waals surface area contributed by atoms with Crippen molar-refractivity contribution in [1.82, 2.24) is 9.88 Å². The molecule has 0 radical (unpaired) electrons. The van der Waals surface area contributed by atoms with Crippen molar-refractivity contribution in [3.05, 3.63) is 22.3 Å². The van der Waals surface area contributed by atoms with Crippen molar-refractivity contribution in [3.63, 3.8) is 0 Å². The number of aromatic nitrogens is 1. The Kier molecular flexibility index (Phi) is 3.63. The third-order valence-electron chi connectivity index (χ3n) is 2.86. The molecule has 1 aromatic rings. The van der Waals surface area contributed by atoms with Crippen LogP contribution in [0.3, 0.4) is 0 Å². The fourth-order valence-electron chi connectivity index (χ4n) is 1.79. The van der Waals surface area contributed by atoms with E-state index in [1.807, 2.05) is 6.07 Å². The molecule has 0 aromatic carbocycles. The predicted molar refractivity (Wildman–Crippen MR) is 68.6 cm³/mol. The number of hydrogen-bond acceptors (Lipinski definition) is 4. The Balaban J connectivity index is 2.21. The molecule has 0 aliphatic carbocycles. The quantitative estimate of drug-likeness (QED) is 0.892. The van der Waals surface area contributed by atoms with Crippen molar-refractivity contribution in [3.8, 4) is 0 Å². The lowest BCUT2D eigenvalue weighted by Crippen LogP contribution is -2.44. The van der Waals surface area contributed by atoms with Crippen molar-refractivity contribution < 1.29 is 9.90 Å². The molecule has 0 spiro atoms. The van der Waals surface area contributed by atoms with Gasteiger partial charge in [0.05, 0.1) is 4.47 Å². The molecule has 1 aliphatic heterocycles. The topological polar surface area (TPSA) is 56.7 Å². The lowest BCUT2D eigenvalue weighted by atomic mass is 10.3. The molecule has 5 nitrogen and oxygen atoms in total. The van der Waals surface area contributed by atoms with Gasteiger partial charge in [-0.2, -0.15) is 0 Å². The van der Waals surface area contributed by atoms with Crippen molar-refractivity contribution in [2.24, 2.45) is 0 Å². The van der Waals surface area contributed by atoms with E-state index < -0.39 is 5.97 Å². The summed E-state index contributed by atoms with van der Waals surface area (Å²) < 4.78 is 0.517. The second-order valence-electron chi connectivity index (χ2n) is 4.10. The first-order valence-corrected chi connectivity index (χ1v) is 6.20. The number of pyridine rings is 1. The monoisotopic (exact) mass is 299 g/mol. The zero-order valence-corrected chi connectivity index (χ0v) is 11.1. The predicted octanol–water partition coefficient (Wildman–Crippen LogP) is 1.29. The highest BCUT2D eigenvalue weighted by Crippen LogP contribution is 2.20. The highest BCUT2D eigenvalue weighted by molar-refractivity contribution is 9.10. The highest BCUT2D eigenvalue weighted by atomic mass is 79.9. The minimum Gasteiger partial charge on any atom is -0.476 e. The average molecular weight is 300 g/mol. The summed E-state index contributed by atoms with van der Waals surface area (Å²) in [6.45, 7) is 3.70. The van der Waals surface area contributed by atoms with E-state index >= 15 is 0 Å². The first kappa shape index (κ1) is 12.3. The van der Waals surface area contributed by atoms with Crippen LogP contribution >= 0.6 is 15.9 Å². The second-order valence-corrected chi connectivity index (χ2v) is 4.95. The molecule has 2 rings (SSSR count). The van der Waals surface area contributed by atoms with Crippen molar-refractivity contribution in [2.45, 2.75) is 0 Å². The van der Waals surface area contributed by atoms with Crippen molar-refractivity contribution in [2.75, 3.05) is 38.1 Å². The summed E-state index contributed by atoms with van der Waals surface area (Å²) in [5.41, 5.74) is 0.0708. The molecule has 6 heteroatoms. The van der Waals surface area contributed by atoms with Crippen molar-refractivity contribution >= 4 is 27.7 Å². The molecule has 92 valence electrons. The third-order valence-corrected chi connectivity index (χ3v) is 3.50. The molecule has 0 saturated carbocycles. The standard InChI is InChI=1S/C11H14BrN3O2/c1-14-4-6-15(7-5-14)9-3-2-8(12)10(13-9)11(16)17/h2-3H,4-7H2,1H3,(H,16,17). The van der Waals surface area contributed by atoms with Crippen LogP contribution in [0.4, 0.5) is 5.82 Å². The summed E-state index contributed by atoms with van der Waals surface area (Å²) >= 11 is 3.19. The fraction of sp³-hybridized carbons (Fsp3) is 0.455. The smallest absolute Gasteiger partial charge is 0.355 e. The van der Waals surface area contributed by atoms with Crippen LogP contribution in [0, 0.1) is 0 Å². The summed E-state index contributed by atoms with van der Waals surface area (Å²) in [5, 5.41) is 9.01. The number of carboxylic acids is 1. The number of rotatable bonds is 2. The van der Waals surface area contributed by atoms with Gasteiger partial charge in [0.1, 0.15) is 5.82 Å². The Labute approximate surface area is 108 Å². The Bertz CT molecular complexity index is 431. The first-order valence-electron chi connectivity index (χ1n) is 5.41. The van der Waals surface area contributed by atoms with E-state index in [-0.39, 0.29) is 5.69 Å². The van der Waals surface area contributed by atoms with Gasteiger partial charge in [-0.05, 0) is 35.1 Å². The van der Waals surface area contributed by atoms with Gasteiger partial charge in [-0.3, -0.25) is 0 Å². The number of aromatic carboxylic acids is 1. The average Bonchev–Trinajstić information content (AvgIpc) is 2.30. The summed E-state index contributed by atoms with van der Waals surface area (Å²) in [6.07, 6.45) is 0. The maximum absolute atomic E-state index is 11.0. The number of carbonyl (C=O) groups is 1. The number of likely N-dealkylation sites (N-methyl/N-ethyl adjacent to an activating group) is 1. The van der Waals surface area contributed by atoms with Gasteiger partial charge in [0.2, 0.25) is 0 Å². The van der Waals surface area contributed by atoms with E-state index in [0.717, 1.165) is 32.0 Å². The zero-order valence-electron chi connectivity index (χ0n) is 9.56. The summed E-state index contributed by atoms with van der Waals surface area (Å²) in [6, 6.07) is 3.59.